The number of halogens is 1. The number of likely N-dealkylation sites (N-methyl/N-ethyl adjacent to an activating group) is 1. The lowest BCUT2D eigenvalue weighted by Crippen LogP contribution is -2.43. The molecule has 0 saturated heterocycles. The molecule has 5 nitrogen and oxygen atoms in total. The summed E-state index contributed by atoms with van der Waals surface area (Å²) < 4.78 is 0. The highest BCUT2D eigenvalue weighted by Crippen LogP contribution is 2.23. The maximum atomic E-state index is 12.7. The largest absolute Gasteiger partial charge is 0.325 e. The van der Waals surface area contributed by atoms with Crippen LogP contribution >= 0.6 is 11.6 Å². The third-order valence-electron chi connectivity index (χ3n) is 4.61. The van der Waals surface area contributed by atoms with Crippen LogP contribution in [0.2, 0.25) is 5.02 Å². The summed E-state index contributed by atoms with van der Waals surface area (Å²) in [6, 6.07) is 20.1. The first-order valence-electron chi connectivity index (χ1n) is 8.98. The molecule has 2 amide bonds. The fraction of sp³-hybridized carbons (Fsp3) is 0.182. The van der Waals surface area contributed by atoms with Crippen LogP contribution in [0.5, 0.6) is 0 Å². The Balaban J connectivity index is 1.60. The van der Waals surface area contributed by atoms with Crippen LogP contribution in [0.25, 0.3) is 10.8 Å². The summed E-state index contributed by atoms with van der Waals surface area (Å²) in [4.78, 5) is 26.6. The molecule has 0 saturated carbocycles. The maximum absolute atomic E-state index is 12.7. The van der Waals surface area contributed by atoms with E-state index in [1.54, 1.807) is 43.1 Å². The van der Waals surface area contributed by atoms with Crippen molar-refractivity contribution in [1.29, 1.82) is 0 Å². The molecule has 0 radical (unpaired) electrons. The second kappa shape index (κ2) is 8.87. The Morgan fingerprint density at radius 3 is 2.39 bits per heavy atom. The Labute approximate surface area is 169 Å². The monoisotopic (exact) mass is 395 g/mol. The quantitative estimate of drug-likeness (QED) is 0.650. The number of amides is 2. The molecule has 2 N–H and O–H groups in total. The van der Waals surface area contributed by atoms with Crippen molar-refractivity contribution in [2.75, 3.05) is 24.2 Å². The van der Waals surface area contributed by atoms with Crippen LogP contribution in [0, 0.1) is 0 Å². The molecule has 0 unspecified atom stereocenters. The lowest BCUT2D eigenvalue weighted by atomic mass is 10.1. The van der Waals surface area contributed by atoms with E-state index >= 15 is 0 Å². The van der Waals surface area contributed by atoms with Gasteiger partial charge in [-0.15, -0.1) is 0 Å². The van der Waals surface area contributed by atoms with Gasteiger partial charge in [-0.3, -0.25) is 14.5 Å². The molecule has 0 spiro atoms. The molecule has 0 aliphatic heterocycles. The van der Waals surface area contributed by atoms with Crippen LogP contribution in [0.4, 0.5) is 11.4 Å². The van der Waals surface area contributed by atoms with E-state index in [0.29, 0.717) is 10.7 Å². The summed E-state index contributed by atoms with van der Waals surface area (Å²) in [6.45, 7) is 1.86. The number of hydrogen-bond donors (Lipinski definition) is 2. The van der Waals surface area contributed by atoms with Crippen molar-refractivity contribution in [3.05, 3.63) is 71.8 Å². The van der Waals surface area contributed by atoms with Crippen LogP contribution in [0.3, 0.4) is 0 Å². The third-order valence-corrected chi connectivity index (χ3v) is 4.86. The summed E-state index contributed by atoms with van der Waals surface area (Å²) in [5.74, 6) is -0.368. The van der Waals surface area contributed by atoms with E-state index in [0.717, 1.165) is 16.5 Å². The van der Waals surface area contributed by atoms with E-state index < -0.39 is 6.04 Å². The van der Waals surface area contributed by atoms with Gasteiger partial charge in [0.2, 0.25) is 11.8 Å². The van der Waals surface area contributed by atoms with Crippen LogP contribution in [-0.4, -0.2) is 36.3 Å². The second-order valence-electron chi connectivity index (χ2n) is 6.66. The molecule has 0 heterocycles. The second-order valence-corrected chi connectivity index (χ2v) is 7.10. The van der Waals surface area contributed by atoms with Gasteiger partial charge in [-0.05, 0) is 49.7 Å². The summed E-state index contributed by atoms with van der Waals surface area (Å²) in [5.41, 5.74) is 1.42. The van der Waals surface area contributed by atoms with Crippen molar-refractivity contribution in [2.24, 2.45) is 0 Å². The van der Waals surface area contributed by atoms with Gasteiger partial charge in [0.05, 0.1) is 12.6 Å². The molecule has 1 atom stereocenters. The molecule has 0 aliphatic rings. The van der Waals surface area contributed by atoms with E-state index in [9.17, 15) is 9.59 Å². The third kappa shape index (κ3) is 4.88. The number of carbonyl (C=O) groups excluding carboxylic acids is 2. The maximum Gasteiger partial charge on any atom is 0.241 e. The fourth-order valence-electron chi connectivity index (χ4n) is 2.87. The first-order chi connectivity index (χ1) is 13.4. The van der Waals surface area contributed by atoms with E-state index in [1.807, 2.05) is 42.5 Å². The SMILES string of the molecule is C[C@@H](C(=O)Nc1cccc2ccccc12)N(C)CC(=O)Nc1ccc(Cl)cc1. The number of hydrogen-bond acceptors (Lipinski definition) is 3. The first-order valence-corrected chi connectivity index (χ1v) is 9.36. The topological polar surface area (TPSA) is 61.4 Å². The predicted octanol–water partition coefficient (Wildman–Crippen LogP) is 4.39. The number of nitrogens with zero attached hydrogens (tertiary/aromatic N) is 1. The molecule has 28 heavy (non-hydrogen) atoms. The zero-order valence-corrected chi connectivity index (χ0v) is 16.5. The smallest absolute Gasteiger partial charge is 0.241 e. The minimum Gasteiger partial charge on any atom is -0.325 e. The van der Waals surface area contributed by atoms with Gasteiger partial charge in [-0.25, -0.2) is 0 Å². The Hall–Kier alpha value is -2.89. The van der Waals surface area contributed by atoms with Gasteiger partial charge in [0, 0.05) is 21.8 Å². The molecule has 0 fully saturated rings. The van der Waals surface area contributed by atoms with Crippen LogP contribution in [0.1, 0.15) is 6.92 Å². The van der Waals surface area contributed by atoms with Crippen molar-refractivity contribution in [3.63, 3.8) is 0 Å². The highest BCUT2D eigenvalue weighted by Gasteiger charge is 2.20. The minimum atomic E-state index is -0.477. The fourth-order valence-corrected chi connectivity index (χ4v) is 2.99. The van der Waals surface area contributed by atoms with Gasteiger partial charge >= 0.3 is 0 Å². The molecule has 0 aromatic heterocycles. The molecule has 3 aromatic carbocycles. The van der Waals surface area contributed by atoms with E-state index in [-0.39, 0.29) is 18.4 Å². The molecule has 144 valence electrons. The number of rotatable bonds is 6. The summed E-state index contributed by atoms with van der Waals surface area (Å²) in [6.07, 6.45) is 0. The lowest BCUT2D eigenvalue weighted by Gasteiger charge is -2.23. The molecule has 3 aromatic rings. The van der Waals surface area contributed by atoms with Gasteiger partial charge < -0.3 is 10.6 Å². The highest BCUT2D eigenvalue weighted by molar-refractivity contribution is 6.30. The average Bonchev–Trinajstić information content (AvgIpc) is 2.69. The Bertz CT molecular complexity index is 983. The zero-order chi connectivity index (χ0) is 20.1. The number of carbonyl (C=O) groups is 2. The Morgan fingerprint density at radius 2 is 1.64 bits per heavy atom. The standard InChI is InChI=1S/C22H22ClN3O2/c1-15(26(2)14-21(27)24-18-12-10-17(23)11-13-18)22(28)25-20-9-5-7-16-6-3-4-8-19(16)20/h3-13,15H,14H2,1-2H3,(H,24,27)(H,25,28)/t15-/m0/s1. The number of fused-ring (bicyclic) bond motifs is 1. The van der Waals surface area contributed by atoms with Gasteiger partial charge in [0.15, 0.2) is 0 Å². The molecular formula is C22H22ClN3O2. The molecule has 0 bridgehead atoms. The van der Waals surface area contributed by atoms with Gasteiger partial charge in [0.25, 0.3) is 0 Å². The lowest BCUT2D eigenvalue weighted by molar-refractivity contribution is -0.122. The van der Waals surface area contributed by atoms with Crippen molar-refractivity contribution in [2.45, 2.75) is 13.0 Å². The molecular weight excluding hydrogens is 374 g/mol. The highest BCUT2D eigenvalue weighted by atomic mass is 35.5. The summed E-state index contributed by atoms with van der Waals surface area (Å²) in [7, 11) is 1.74. The molecule has 6 heteroatoms. The van der Waals surface area contributed by atoms with E-state index in [2.05, 4.69) is 10.6 Å². The summed E-state index contributed by atoms with van der Waals surface area (Å²) >= 11 is 5.85. The van der Waals surface area contributed by atoms with Gasteiger partial charge in [0.1, 0.15) is 0 Å². The number of anilines is 2. The molecule has 3 rings (SSSR count). The number of benzene rings is 3. The van der Waals surface area contributed by atoms with Crippen LogP contribution < -0.4 is 10.6 Å². The first kappa shape index (κ1) is 19.9. The predicted molar refractivity (Wildman–Crippen MR) is 115 cm³/mol. The minimum absolute atomic E-state index is 0.0900. The van der Waals surface area contributed by atoms with Crippen LogP contribution in [0.15, 0.2) is 66.7 Å². The van der Waals surface area contributed by atoms with Crippen molar-refractivity contribution >= 4 is 45.6 Å². The Kier molecular flexibility index (Phi) is 6.29. The van der Waals surface area contributed by atoms with Crippen molar-refractivity contribution in [3.8, 4) is 0 Å². The van der Waals surface area contributed by atoms with Crippen molar-refractivity contribution in [1.82, 2.24) is 4.90 Å². The van der Waals surface area contributed by atoms with Crippen molar-refractivity contribution < 1.29 is 9.59 Å². The molecule has 0 aliphatic carbocycles. The van der Waals surface area contributed by atoms with Crippen LogP contribution in [-0.2, 0) is 9.59 Å². The van der Waals surface area contributed by atoms with E-state index in [4.69, 9.17) is 11.6 Å². The van der Waals surface area contributed by atoms with Gasteiger partial charge in [-0.1, -0.05) is 48.0 Å². The van der Waals surface area contributed by atoms with Gasteiger partial charge in [-0.2, -0.15) is 0 Å². The zero-order valence-electron chi connectivity index (χ0n) is 15.8. The average molecular weight is 396 g/mol. The normalized spacial score (nSPS) is 12.0. The Morgan fingerprint density at radius 1 is 0.964 bits per heavy atom. The number of nitrogens with one attached hydrogen (secondary N) is 2. The van der Waals surface area contributed by atoms with E-state index in [1.165, 1.54) is 0 Å². The summed E-state index contributed by atoms with van der Waals surface area (Å²) in [5, 5.41) is 8.41.